The summed E-state index contributed by atoms with van der Waals surface area (Å²) in [5.41, 5.74) is 2.81. The van der Waals surface area contributed by atoms with E-state index < -0.39 is 5.91 Å². The van der Waals surface area contributed by atoms with E-state index >= 15 is 0 Å². The van der Waals surface area contributed by atoms with Crippen LogP contribution in [0.2, 0.25) is 0 Å². The van der Waals surface area contributed by atoms with Gasteiger partial charge in [0.2, 0.25) is 5.91 Å². The molecule has 2 unspecified atom stereocenters. The number of hydrogen-bond donors (Lipinski definition) is 2. The molecule has 4 rings (SSSR count). The maximum atomic E-state index is 12.7. The SMILES string of the molecule is Cc1cccc(NC(=O)CNC(=O)COC(=O)C2CC3CCCC(C2)C32SCCS2)c1C. The van der Waals surface area contributed by atoms with E-state index in [-0.39, 0.29) is 30.9 Å². The summed E-state index contributed by atoms with van der Waals surface area (Å²) in [5, 5.41) is 5.34. The van der Waals surface area contributed by atoms with Crippen LogP contribution in [-0.4, -0.2) is 46.5 Å². The maximum absolute atomic E-state index is 12.7. The molecule has 1 aliphatic heterocycles. The summed E-state index contributed by atoms with van der Waals surface area (Å²) in [6.07, 6.45) is 5.38. The zero-order chi connectivity index (χ0) is 22.7. The minimum atomic E-state index is -0.455. The van der Waals surface area contributed by atoms with Crippen molar-refractivity contribution in [3.8, 4) is 0 Å². The van der Waals surface area contributed by atoms with E-state index in [2.05, 4.69) is 34.2 Å². The Hall–Kier alpha value is -1.67. The molecule has 0 radical (unpaired) electrons. The second-order valence-electron chi connectivity index (χ2n) is 9.09. The summed E-state index contributed by atoms with van der Waals surface area (Å²) in [4.78, 5) is 37.0. The molecule has 2 amide bonds. The van der Waals surface area contributed by atoms with Crippen LogP contribution in [0, 0.1) is 31.6 Å². The van der Waals surface area contributed by atoms with Crippen LogP contribution in [0.5, 0.6) is 0 Å². The van der Waals surface area contributed by atoms with Gasteiger partial charge < -0.3 is 15.4 Å². The van der Waals surface area contributed by atoms with Crippen LogP contribution >= 0.6 is 23.5 Å². The Labute approximate surface area is 198 Å². The average molecular weight is 477 g/mol. The zero-order valence-electron chi connectivity index (χ0n) is 18.8. The number of rotatable bonds is 6. The van der Waals surface area contributed by atoms with Crippen LogP contribution in [-0.2, 0) is 19.1 Å². The second kappa shape index (κ2) is 10.1. The van der Waals surface area contributed by atoms with Crippen molar-refractivity contribution in [3.63, 3.8) is 0 Å². The molecule has 2 saturated carbocycles. The van der Waals surface area contributed by atoms with Gasteiger partial charge in [-0.2, -0.15) is 0 Å². The fourth-order valence-electron chi connectivity index (χ4n) is 5.37. The van der Waals surface area contributed by atoms with Crippen LogP contribution < -0.4 is 10.6 Å². The normalized spacial score (nSPS) is 25.9. The van der Waals surface area contributed by atoms with Gasteiger partial charge in [-0.3, -0.25) is 14.4 Å². The van der Waals surface area contributed by atoms with Gasteiger partial charge in [-0.1, -0.05) is 18.6 Å². The number of carbonyl (C=O) groups is 3. The molecule has 8 heteroatoms. The molecule has 2 atom stereocenters. The molecule has 1 aromatic carbocycles. The fraction of sp³-hybridized carbons (Fsp3) is 0.625. The van der Waals surface area contributed by atoms with Gasteiger partial charge in [0.25, 0.3) is 5.91 Å². The van der Waals surface area contributed by atoms with Gasteiger partial charge in [-0.05, 0) is 68.6 Å². The van der Waals surface area contributed by atoms with Gasteiger partial charge in [0.1, 0.15) is 0 Å². The van der Waals surface area contributed by atoms with Crippen molar-refractivity contribution in [2.75, 3.05) is 30.0 Å². The summed E-state index contributed by atoms with van der Waals surface area (Å²) in [6, 6.07) is 5.68. The van der Waals surface area contributed by atoms with Crippen LogP contribution in [0.25, 0.3) is 0 Å². The molecular weight excluding hydrogens is 444 g/mol. The lowest BCUT2D eigenvalue weighted by Crippen LogP contribution is -2.48. The van der Waals surface area contributed by atoms with Crippen molar-refractivity contribution in [3.05, 3.63) is 29.3 Å². The van der Waals surface area contributed by atoms with Crippen molar-refractivity contribution in [2.24, 2.45) is 17.8 Å². The average Bonchev–Trinajstić information content (AvgIpc) is 3.23. The lowest BCUT2D eigenvalue weighted by Gasteiger charge is -2.51. The highest BCUT2D eigenvalue weighted by atomic mass is 32.2. The minimum Gasteiger partial charge on any atom is -0.455 e. The molecule has 2 bridgehead atoms. The van der Waals surface area contributed by atoms with Crippen molar-refractivity contribution in [1.29, 1.82) is 0 Å². The minimum absolute atomic E-state index is 0.113. The first-order chi connectivity index (χ1) is 15.4. The molecule has 174 valence electrons. The third-order valence-corrected chi connectivity index (χ3v) is 11.1. The number of carbonyl (C=O) groups excluding carboxylic acids is 3. The molecule has 1 aromatic rings. The maximum Gasteiger partial charge on any atom is 0.309 e. The van der Waals surface area contributed by atoms with Crippen molar-refractivity contribution in [2.45, 2.75) is 50.0 Å². The Bertz CT molecular complexity index is 869. The van der Waals surface area contributed by atoms with Crippen molar-refractivity contribution in [1.82, 2.24) is 5.32 Å². The summed E-state index contributed by atoms with van der Waals surface area (Å²) in [7, 11) is 0. The van der Waals surface area contributed by atoms with E-state index in [0.717, 1.165) is 29.7 Å². The van der Waals surface area contributed by atoms with E-state index in [1.54, 1.807) is 0 Å². The first-order valence-corrected chi connectivity index (χ1v) is 13.4. The van der Waals surface area contributed by atoms with E-state index in [1.807, 2.05) is 32.0 Å². The second-order valence-corrected chi connectivity index (χ2v) is 12.1. The number of esters is 1. The van der Waals surface area contributed by atoms with E-state index in [1.165, 1.54) is 30.8 Å². The Morgan fingerprint density at radius 1 is 1.06 bits per heavy atom. The standard InChI is InChI=1S/C24H32N2O4S2/c1-15-5-3-8-20(16(15)2)26-21(27)13-25-22(28)14-30-23(29)17-11-18-6-4-7-19(12-17)24(18)31-9-10-32-24/h3,5,8,17-19H,4,6-7,9-14H2,1-2H3,(H,25,28)(H,26,27). The predicted octanol–water partition coefficient (Wildman–Crippen LogP) is 3.90. The van der Waals surface area contributed by atoms with Crippen molar-refractivity contribution >= 4 is 47.0 Å². The highest BCUT2D eigenvalue weighted by Crippen LogP contribution is 2.64. The van der Waals surface area contributed by atoms with E-state index in [9.17, 15) is 14.4 Å². The first-order valence-electron chi connectivity index (χ1n) is 11.5. The topological polar surface area (TPSA) is 84.5 Å². The van der Waals surface area contributed by atoms with Crippen LogP contribution in [0.1, 0.15) is 43.2 Å². The van der Waals surface area contributed by atoms with Crippen LogP contribution in [0.15, 0.2) is 18.2 Å². The number of hydrogen-bond acceptors (Lipinski definition) is 6. The Kier molecular flexibility index (Phi) is 7.40. The number of benzene rings is 1. The smallest absolute Gasteiger partial charge is 0.309 e. The molecular formula is C24H32N2O4S2. The number of thioether (sulfide) groups is 2. The molecule has 32 heavy (non-hydrogen) atoms. The highest BCUT2D eigenvalue weighted by molar-refractivity contribution is 8.21. The summed E-state index contributed by atoms with van der Waals surface area (Å²) in [5.74, 6) is 2.41. The third-order valence-electron chi connectivity index (χ3n) is 7.12. The fourth-order valence-corrected chi connectivity index (χ4v) is 9.30. The first kappa shape index (κ1) is 23.5. The Morgan fingerprint density at radius 2 is 1.75 bits per heavy atom. The quantitative estimate of drug-likeness (QED) is 0.606. The number of nitrogens with one attached hydrogen (secondary N) is 2. The molecule has 1 saturated heterocycles. The monoisotopic (exact) mass is 476 g/mol. The van der Waals surface area contributed by atoms with E-state index in [0.29, 0.717) is 15.9 Å². The number of anilines is 1. The lowest BCUT2D eigenvalue weighted by molar-refractivity contribution is -0.155. The molecule has 3 fully saturated rings. The van der Waals surface area contributed by atoms with Crippen molar-refractivity contribution < 1.29 is 19.1 Å². The van der Waals surface area contributed by atoms with Gasteiger partial charge >= 0.3 is 5.97 Å². The number of aryl methyl sites for hydroxylation is 1. The zero-order valence-corrected chi connectivity index (χ0v) is 20.4. The Morgan fingerprint density at radius 3 is 2.44 bits per heavy atom. The number of amides is 2. The molecule has 1 spiro atoms. The summed E-state index contributed by atoms with van der Waals surface area (Å²) >= 11 is 4.22. The van der Waals surface area contributed by atoms with Gasteiger partial charge in [0.15, 0.2) is 6.61 Å². The molecule has 1 heterocycles. The van der Waals surface area contributed by atoms with Gasteiger partial charge in [0.05, 0.1) is 16.5 Å². The van der Waals surface area contributed by atoms with Crippen LogP contribution in [0.4, 0.5) is 5.69 Å². The highest BCUT2D eigenvalue weighted by Gasteiger charge is 2.55. The predicted molar refractivity (Wildman–Crippen MR) is 130 cm³/mol. The largest absolute Gasteiger partial charge is 0.455 e. The third kappa shape index (κ3) is 4.96. The number of ether oxygens (including phenoxy) is 1. The van der Waals surface area contributed by atoms with Gasteiger partial charge in [-0.15, -0.1) is 23.5 Å². The summed E-state index contributed by atoms with van der Waals surface area (Å²) in [6.45, 7) is 3.42. The molecule has 3 aliphatic rings. The van der Waals surface area contributed by atoms with Crippen LogP contribution in [0.3, 0.4) is 0 Å². The Balaban J connectivity index is 1.21. The molecule has 0 aromatic heterocycles. The molecule has 2 aliphatic carbocycles. The van der Waals surface area contributed by atoms with Gasteiger partial charge in [-0.25, -0.2) is 0 Å². The summed E-state index contributed by atoms with van der Waals surface area (Å²) < 4.78 is 5.66. The molecule has 2 N–H and O–H groups in total. The van der Waals surface area contributed by atoms with Gasteiger partial charge in [0, 0.05) is 17.2 Å². The van der Waals surface area contributed by atoms with E-state index in [4.69, 9.17) is 4.74 Å². The lowest BCUT2D eigenvalue weighted by atomic mass is 9.67. The molecule has 6 nitrogen and oxygen atoms in total.